The molecule has 0 radical (unpaired) electrons. The van der Waals surface area contributed by atoms with E-state index >= 15 is 0 Å². The molecular formula is C10H9ClN2OS. The first kappa shape index (κ1) is 10.4. The fourth-order valence-electron chi connectivity index (χ4n) is 1.54. The van der Waals surface area contributed by atoms with Gasteiger partial charge in [0.25, 0.3) is 5.56 Å². The second kappa shape index (κ2) is 3.79. The number of nitrogens with one attached hydrogen (secondary N) is 1. The van der Waals surface area contributed by atoms with Gasteiger partial charge in [0.1, 0.15) is 0 Å². The molecule has 0 amide bonds. The van der Waals surface area contributed by atoms with Gasteiger partial charge in [-0.05, 0) is 31.3 Å². The van der Waals surface area contributed by atoms with E-state index < -0.39 is 0 Å². The fourth-order valence-corrected chi connectivity index (χ4v) is 2.12. The Morgan fingerprint density at radius 2 is 2.27 bits per heavy atom. The third-order valence-corrected chi connectivity index (χ3v) is 2.91. The van der Waals surface area contributed by atoms with Gasteiger partial charge < -0.3 is 4.98 Å². The summed E-state index contributed by atoms with van der Waals surface area (Å²) in [5, 5.41) is 0.945. The van der Waals surface area contributed by atoms with Gasteiger partial charge in [-0.1, -0.05) is 17.7 Å². The molecule has 0 aliphatic carbocycles. The van der Waals surface area contributed by atoms with Crippen LogP contribution < -0.4 is 5.56 Å². The number of rotatable bonds is 1. The van der Waals surface area contributed by atoms with Crippen molar-refractivity contribution < 1.29 is 0 Å². The summed E-state index contributed by atoms with van der Waals surface area (Å²) < 4.78 is 1.92. The van der Waals surface area contributed by atoms with Gasteiger partial charge >= 0.3 is 0 Å². The monoisotopic (exact) mass is 240 g/mol. The zero-order valence-corrected chi connectivity index (χ0v) is 9.65. The number of fused-ring (bicyclic) bond motifs is 1. The van der Waals surface area contributed by atoms with Gasteiger partial charge in [-0.15, -0.1) is 0 Å². The summed E-state index contributed by atoms with van der Waals surface area (Å²) in [7, 11) is 0. The Morgan fingerprint density at radius 1 is 1.53 bits per heavy atom. The van der Waals surface area contributed by atoms with Crippen LogP contribution in [0.25, 0.3) is 10.9 Å². The molecule has 1 heterocycles. The minimum Gasteiger partial charge on any atom is -0.332 e. The lowest BCUT2D eigenvalue weighted by Gasteiger charge is -2.05. The normalized spacial score (nSPS) is 10.8. The molecule has 0 saturated heterocycles. The van der Waals surface area contributed by atoms with Crippen LogP contribution in [0.1, 0.15) is 6.92 Å². The summed E-state index contributed by atoms with van der Waals surface area (Å²) >= 11 is 11.0. The van der Waals surface area contributed by atoms with Crippen molar-refractivity contribution in [3.63, 3.8) is 0 Å². The van der Waals surface area contributed by atoms with Crippen LogP contribution in [-0.2, 0) is 6.54 Å². The lowest BCUT2D eigenvalue weighted by Crippen LogP contribution is -2.21. The number of nitrogens with zero attached hydrogens (tertiary/aromatic N) is 1. The van der Waals surface area contributed by atoms with Crippen molar-refractivity contribution in [2.75, 3.05) is 0 Å². The summed E-state index contributed by atoms with van der Waals surface area (Å²) in [6.45, 7) is 2.41. The summed E-state index contributed by atoms with van der Waals surface area (Å²) in [5.74, 6) is 0. The lowest BCUT2D eigenvalue weighted by atomic mass is 10.2. The Labute approximate surface area is 96.3 Å². The van der Waals surface area contributed by atoms with Gasteiger partial charge in [-0.2, -0.15) is 0 Å². The minimum absolute atomic E-state index is 0.137. The molecular weight excluding hydrogens is 232 g/mol. The van der Waals surface area contributed by atoms with E-state index in [1.807, 2.05) is 6.92 Å². The number of aromatic amines is 1. The van der Waals surface area contributed by atoms with E-state index in [2.05, 4.69) is 4.98 Å². The molecule has 0 aliphatic heterocycles. The maximum absolute atomic E-state index is 12.0. The summed E-state index contributed by atoms with van der Waals surface area (Å²) in [6.07, 6.45) is 0. The van der Waals surface area contributed by atoms with Crippen LogP contribution in [0.2, 0.25) is 5.02 Å². The zero-order chi connectivity index (χ0) is 11.0. The molecule has 0 bridgehead atoms. The largest absolute Gasteiger partial charge is 0.332 e. The van der Waals surface area contributed by atoms with Crippen LogP contribution in [0.4, 0.5) is 0 Å². The molecule has 0 fully saturated rings. The molecule has 1 N–H and O–H groups in total. The van der Waals surface area contributed by atoms with E-state index in [0.717, 1.165) is 0 Å². The third-order valence-electron chi connectivity index (χ3n) is 2.28. The molecule has 5 heteroatoms. The van der Waals surface area contributed by atoms with Gasteiger partial charge in [0.05, 0.1) is 15.9 Å². The van der Waals surface area contributed by atoms with E-state index in [1.54, 1.807) is 18.2 Å². The topological polar surface area (TPSA) is 37.8 Å². The standard InChI is InChI=1S/C10H9ClN2OS/c1-2-13-9(14)8-6(11)4-3-5-7(8)12-10(13)15/h3-5H,2H2,1H3,(H,12,15). The molecule has 0 aliphatic rings. The summed E-state index contributed by atoms with van der Waals surface area (Å²) in [5.41, 5.74) is 0.545. The quantitative estimate of drug-likeness (QED) is 0.779. The number of halogens is 1. The molecule has 0 saturated carbocycles. The van der Waals surface area contributed by atoms with Crippen LogP contribution in [0.15, 0.2) is 23.0 Å². The van der Waals surface area contributed by atoms with E-state index in [-0.39, 0.29) is 5.56 Å². The van der Waals surface area contributed by atoms with Crippen molar-refractivity contribution in [1.82, 2.24) is 9.55 Å². The Morgan fingerprint density at radius 3 is 2.93 bits per heavy atom. The number of aromatic nitrogens is 2. The average molecular weight is 241 g/mol. The van der Waals surface area contributed by atoms with E-state index in [4.69, 9.17) is 23.8 Å². The minimum atomic E-state index is -0.137. The van der Waals surface area contributed by atoms with Crippen LogP contribution in [0.5, 0.6) is 0 Å². The molecule has 1 aromatic carbocycles. The van der Waals surface area contributed by atoms with Crippen molar-refractivity contribution in [2.45, 2.75) is 13.5 Å². The highest BCUT2D eigenvalue weighted by molar-refractivity contribution is 7.71. The maximum atomic E-state index is 12.0. The molecule has 0 atom stereocenters. The van der Waals surface area contributed by atoms with E-state index in [0.29, 0.717) is 27.2 Å². The van der Waals surface area contributed by atoms with Crippen molar-refractivity contribution >= 4 is 34.7 Å². The predicted molar refractivity (Wildman–Crippen MR) is 64.1 cm³/mol. The molecule has 2 rings (SSSR count). The number of hydrogen-bond acceptors (Lipinski definition) is 2. The fraction of sp³-hybridized carbons (Fsp3) is 0.200. The molecule has 0 spiro atoms. The maximum Gasteiger partial charge on any atom is 0.263 e. The van der Waals surface area contributed by atoms with E-state index in [1.165, 1.54) is 4.57 Å². The first-order valence-electron chi connectivity index (χ1n) is 4.56. The molecule has 1 aromatic heterocycles. The summed E-state index contributed by atoms with van der Waals surface area (Å²) in [4.78, 5) is 15.0. The second-order valence-electron chi connectivity index (χ2n) is 3.14. The molecule has 0 unspecified atom stereocenters. The second-order valence-corrected chi connectivity index (χ2v) is 3.94. The first-order valence-corrected chi connectivity index (χ1v) is 5.35. The third kappa shape index (κ3) is 1.60. The van der Waals surface area contributed by atoms with Gasteiger partial charge in [0.2, 0.25) is 0 Å². The molecule has 2 aromatic rings. The molecule has 15 heavy (non-hydrogen) atoms. The zero-order valence-electron chi connectivity index (χ0n) is 8.08. The van der Waals surface area contributed by atoms with Crippen LogP contribution in [0.3, 0.4) is 0 Å². The lowest BCUT2D eigenvalue weighted by molar-refractivity contribution is 0.705. The summed E-state index contributed by atoms with van der Waals surface area (Å²) in [6, 6.07) is 5.27. The SMILES string of the molecule is CCn1c(=S)[nH]c2cccc(Cl)c2c1=O. The molecule has 3 nitrogen and oxygen atoms in total. The van der Waals surface area contributed by atoms with Crippen molar-refractivity contribution in [2.24, 2.45) is 0 Å². The predicted octanol–water partition coefficient (Wildman–Crippen LogP) is 2.73. The van der Waals surface area contributed by atoms with Gasteiger partial charge in [0.15, 0.2) is 4.77 Å². The number of hydrogen-bond donors (Lipinski definition) is 1. The van der Waals surface area contributed by atoms with Crippen molar-refractivity contribution in [3.05, 3.63) is 38.3 Å². The van der Waals surface area contributed by atoms with E-state index in [9.17, 15) is 4.79 Å². The Bertz CT molecular complexity index is 629. The first-order chi connectivity index (χ1) is 7.15. The molecule has 78 valence electrons. The average Bonchev–Trinajstić information content (AvgIpc) is 2.17. The van der Waals surface area contributed by atoms with Crippen LogP contribution in [0, 0.1) is 4.77 Å². The van der Waals surface area contributed by atoms with Crippen molar-refractivity contribution in [3.8, 4) is 0 Å². The Hall–Kier alpha value is -1.13. The number of benzene rings is 1. The van der Waals surface area contributed by atoms with Gasteiger partial charge in [-0.3, -0.25) is 9.36 Å². The van der Waals surface area contributed by atoms with Gasteiger partial charge in [0, 0.05) is 6.54 Å². The van der Waals surface area contributed by atoms with Gasteiger partial charge in [-0.25, -0.2) is 0 Å². The van der Waals surface area contributed by atoms with Crippen LogP contribution >= 0.6 is 23.8 Å². The highest BCUT2D eigenvalue weighted by atomic mass is 35.5. The highest BCUT2D eigenvalue weighted by Gasteiger charge is 2.06. The highest BCUT2D eigenvalue weighted by Crippen LogP contribution is 2.17. The smallest absolute Gasteiger partial charge is 0.263 e. The van der Waals surface area contributed by atoms with Crippen LogP contribution in [-0.4, -0.2) is 9.55 Å². The Kier molecular flexibility index (Phi) is 2.63. The number of H-pyrrole nitrogens is 1. The Balaban J connectivity index is 3.06. The van der Waals surface area contributed by atoms with Crippen molar-refractivity contribution in [1.29, 1.82) is 0 Å².